The van der Waals surface area contributed by atoms with E-state index in [4.69, 9.17) is 4.74 Å². The number of hydrogen-bond acceptors (Lipinski definition) is 2. The first-order valence-corrected chi connectivity index (χ1v) is 20.5. The molecule has 1 unspecified atom stereocenters. The Bertz CT molecular complexity index is 751. The van der Waals surface area contributed by atoms with Crippen LogP contribution in [0.4, 0.5) is 0 Å². The van der Waals surface area contributed by atoms with Gasteiger partial charge in [-0.15, -0.1) is 0 Å². The molecule has 0 aliphatic heterocycles. The van der Waals surface area contributed by atoms with Crippen molar-refractivity contribution in [3.8, 4) is 0 Å². The van der Waals surface area contributed by atoms with Gasteiger partial charge in [0.15, 0.2) is 0 Å². The van der Waals surface area contributed by atoms with Crippen LogP contribution < -0.4 is 0 Å². The maximum Gasteiger partial charge on any atom is 0.313 e. The van der Waals surface area contributed by atoms with Gasteiger partial charge in [0.2, 0.25) is 0 Å². The number of ether oxygens (including phenoxy) is 1. The van der Waals surface area contributed by atoms with Gasteiger partial charge in [0.25, 0.3) is 0 Å². The largest absolute Gasteiger partial charge is 0.466 e. The fraction of sp³-hybridized carbons (Fsp3) is 0.977. The van der Waals surface area contributed by atoms with E-state index in [-0.39, 0.29) is 38.5 Å². The van der Waals surface area contributed by atoms with Crippen molar-refractivity contribution in [1.82, 2.24) is 0 Å². The van der Waals surface area contributed by atoms with Crippen molar-refractivity contribution in [1.29, 1.82) is 0 Å². The Hall–Kier alpha value is -0.530. The van der Waals surface area contributed by atoms with Crippen LogP contribution in [0.2, 0.25) is 0 Å². The summed E-state index contributed by atoms with van der Waals surface area (Å²) in [4.78, 5) is 16.3. The molecule has 270 valence electrons. The summed E-state index contributed by atoms with van der Waals surface area (Å²) >= 11 is 0. The summed E-state index contributed by atoms with van der Waals surface area (Å²) in [5, 5.41) is 0. The van der Waals surface area contributed by atoms with Crippen molar-refractivity contribution in [2.24, 2.45) is 37.9 Å². The van der Waals surface area contributed by atoms with Crippen LogP contribution in [0.25, 0.3) is 0 Å². The van der Waals surface area contributed by atoms with Crippen LogP contribution >= 0.6 is 0 Å². The molecule has 0 aromatic heterocycles. The average Bonchev–Trinajstić information content (AvgIpc) is 3.08. The normalized spacial score (nSPS) is 15.3. The van der Waals surface area contributed by atoms with Gasteiger partial charge in [0.05, 0.1) is 12.0 Å². The molecule has 0 rings (SSSR count). The molecule has 0 saturated heterocycles. The highest BCUT2D eigenvalue weighted by atomic mass is 16.5. The van der Waals surface area contributed by atoms with Crippen molar-refractivity contribution in [3.63, 3.8) is 0 Å². The molecule has 2 heteroatoms. The number of esters is 1. The molecule has 0 N–H and O–H groups in total. The molecule has 1 atom stereocenters. The fourth-order valence-electron chi connectivity index (χ4n) is 13.4. The van der Waals surface area contributed by atoms with E-state index in [1.54, 1.807) is 0 Å². The molecule has 0 fully saturated rings. The van der Waals surface area contributed by atoms with Gasteiger partial charge < -0.3 is 4.74 Å². The standard InChI is InChI=1S/C43H86O2/c1-17-32-33-34-35-37(16,18-2)40(25-9,26-10)43(36(44)45-31-15,41(27-11,28-12)38(19-3,20-4)21-5)42(29-13,30-14)39(22-6,23-7)24-8/h17-35H2,1-16H3. The first-order chi connectivity index (χ1) is 21.3. The molecule has 0 heterocycles. The van der Waals surface area contributed by atoms with E-state index in [0.717, 1.165) is 83.5 Å². The lowest BCUT2D eigenvalue weighted by Gasteiger charge is -2.77. The highest BCUT2D eigenvalue weighted by molar-refractivity contribution is 5.81. The number of carbonyl (C=O) groups is 1. The number of hydrogen-bond donors (Lipinski definition) is 0. The summed E-state index contributed by atoms with van der Waals surface area (Å²) in [7, 11) is 0. The molecule has 0 aliphatic carbocycles. The highest BCUT2D eigenvalue weighted by Gasteiger charge is 2.81. The van der Waals surface area contributed by atoms with Crippen LogP contribution in [0.3, 0.4) is 0 Å². The van der Waals surface area contributed by atoms with Gasteiger partial charge in [-0.1, -0.05) is 136 Å². The fourth-order valence-corrected chi connectivity index (χ4v) is 13.4. The Labute approximate surface area is 285 Å². The average molecular weight is 635 g/mol. The van der Waals surface area contributed by atoms with E-state index in [2.05, 4.69) is 111 Å². The Morgan fingerprint density at radius 2 is 0.800 bits per heavy atom. The molecule has 0 radical (unpaired) electrons. The number of unbranched alkanes of at least 4 members (excludes halogenated alkanes) is 3. The summed E-state index contributed by atoms with van der Waals surface area (Å²) < 4.78 is 6.74. The Morgan fingerprint density at radius 3 is 1.04 bits per heavy atom. The van der Waals surface area contributed by atoms with Gasteiger partial charge in [-0.3, -0.25) is 4.79 Å². The number of rotatable bonds is 26. The first kappa shape index (κ1) is 44.5. The monoisotopic (exact) mass is 635 g/mol. The lowest BCUT2D eigenvalue weighted by atomic mass is 9.25. The Morgan fingerprint density at radius 1 is 0.444 bits per heavy atom. The molecule has 0 bridgehead atoms. The highest BCUT2D eigenvalue weighted by Crippen LogP contribution is 2.82. The van der Waals surface area contributed by atoms with Gasteiger partial charge in [0.1, 0.15) is 0 Å². The summed E-state index contributed by atoms with van der Waals surface area (Å²) in [6, 6.07) is 0. The maximum absolute atomic E-state index is 16.3. The second kappa shape index (κ2) is 18.9. The predicted molar refractivity (Wildman–Crippen MR) is 202 cm³/mol. The molecule has 0 spiro atoms. The quantitative estimate of drug-likeness (QED) is 0.0699. The zero-order valence-corrected chi connectivity index (χ0v) is 34.3. The molecule has 0 amide bonds. The molecule has 0 saturated carbocycles. The van der Waals surface area contributed by atoms with E-state index in [0.29, 0.717) is 6.61 Å². The zero-order chi connectivity index (χ0) is 35.2. The van der Waals surface area contributed by atoms with Crippen molar-refractivity contribution >= 4 is 5.97 Å². The van der Waals surface area contributed by atoms with E-state index in [1.807, 2.05) is 0 Å². The van der Waals surface area contributed by atoms with Crippen molar-refractivity contribution in [2.45, 2.75) is 226 Å². The lowest BCUT2D eigenvalue weighted by Crippen LogP contribution is -2.76. The molecule has 0 aromatic rings. The summed E-state index contributed by atoms with van der Waals surface area (Å²) in [5.74, 6) is 0.161. The van der Waals surface area contributed by atoms with E-state index in [1.165, 1.54) is 32.1 Å². The van der Waals surface area contributed by atoms with Gasteiger partial charge in [-0.05, 0) is 123 Å². The van der Waals surface area contributed by atoms with Crippen LogP contribution in [0.5, 0.6) is 0 Å². The second-order valence-electron chi connectivity index (χ2n) is 15.2. The van der Waals surface area contributed by atoms with E-state index >= 15 is 4.79 Å². The number of carbonyl (C=O) groups excluding carboxylic acids is 1. The molecular formula is C43H86O2. The Kier molecular flexibility index (Phi) is 18.6. The minimum absolute atomic E-state index is 0.00408. The predicted octanol–water partition coefficient (Wildman–Crippen LogP) is 14.8. The third-order valence-corrected chi connectivity index (χ3v) is 16.0. The van der Waals surface area contributed by atoms with E-state index in [9.17, 15) is 0 Å². The van der Waals surface area contributed by atoms with Crippen LogP contribution in [-0.4, -0.2) is 12.6 Å². The van der Waals surface area contributed by atoms with Gasteiger partial charge in [0, 0.05) is 0 Å². The zero-order valence-electron chi connectivity index (χ0n) is 34.3. The van der Waals surface area contributed by atoms with Crippen LogP contribution in [0.1, 0.15) is 226 Å². The molecule has 0 aliphatic rings. The third-order valence-electron chi connectivity index (χ3n) is 16.0. The first-order valence-electron chi connectivity index (χ1n) is 20.5. The van der Waals surface area contributed by atoms with Gasteiger partial charge >= 0.3 is 5.97 Å². The molecule has 45 heavy (non-hydrogen) atoms. The summed E-state index contributed by atoms with van der Waals surface area (Å²) in [6.45, 7) is 39.4. The van der Waals surface area contributed by atoms with Gasteiger partial charge in [-0.2, -0.15) is 0 Å². The topological polar surface area (TPSA) is 26.3 Å². The molecular weight excluding hydrogens is 548 g/mol. The third kappa shape index (κ3) is 6.35. The minimum atomic E-state index is -0.654. The van der Waals surface area contributed by atoms with Crippen molar-refractivity contribution in [2.75, 3.05) is 6.61 Å². The van der Waals surface area contributed by atoms with Crippen LogP contribution in [0.15, 0.2) is 0 Å². The maximum atomic E-state index is 16.3. The second-order valence-corrected chi connectivity index (χ2v) is 15.2. The molecule has 0 aromatic carbocycles. The van der Waals surface area contributed by atoms with Gasteiger partial charge in [-0.25, -0.2) is 0 Å². The lowest BCUT2D eigenvalue weighted by molar-refractivity contribution is -0.303. The summed E-state index contributed by atoms with van der Waals surface area (Å²) in [6.07, 6.45) is 20.1. The Balaban J connectivity index is 9.52. The van der Waals surface area contributed by atoms with Crippen molar-refractivity contribution < 1.29 is 9.53 Å². The summed E-state index contributed by atoms with van der Waals surface area (Å²) in [5.41, 5.74) is -1.23. The van der Waals surface area contributed by atoms with Crippen molar-refractivity contribution in [3.05, 3.63) is 0 Å². The van der Waals surface area contributed by atoms with Crippen LogP contribution in [-0.2, 0) is 9.53 Å². The smallest absolute Gasteiger partial charge is 0.313 e. The minimum Gasteiger partial charge on any atom is -0.466 e. The molecule has 2 nitrogen and oxygen atoms in total. The van der Waals surface area contributed by atoms with Crippen LogP contribution in [0, 0.1) is 37.9 Å². The SMILES string of the molecule is CCCCCCC(C)(CC)C(CC)(CC)C(C(=O)OCC)(C(CC)(CC)C(CC)(CC)CC)C(CC)(CC)C(CC)(CC)CC. The van der Waals surface area contributed by atoms with E-state index < -0.39 is 5.41 Å².